The van der Waals surface area contributed by atoms with Crippen LogP contribution in [0.2, 0.25) is 0 Å². The van der Waals surface area contributed by atoms with Crippen molar-refractivity contribution in [2.24, 2.45) is 0 Å². The molecular weight excluding hydrogens is 230 g/mol. The maximum absolute atomic E-state index is 9.91. The van der Waals surface area contributed by atoms with Gasteiger partial charge in [-0.15, -0.1) is 0 Å². The van der Waals surface area contributed by atoms with Gasteiger partial charge in [-0.25, -0.2) is 4.98 Å². The molecule has 5 nitrogen and oxygen atoms in total. The van der Waals surface area contributed by atoms with E-state index in [1.807, 2.05) is 19.1 Å². The van der Waals surface area contributed by atoms with Crippen molar-refractivity contribution in [2.75, 3.05) is 7.11 Å². The molecule has 1 unspecified atom stereocenters. The van der Waals surface area contributed by atoms with Crippen LogP contribution in [0.4, 0.5) is 0 Å². The van der Waals surface area contributed by atoms with Crippen molar-refractivity contribution in [3.8, 4) is 11.5 Å². The molecule has 0 fully saturated rings. The van der Waals surface area contributed by atoms with Crippen LogP contribution < -0.4 is 10.1 Å². The number of aromatic amines is 1. The number of rotatable bonds is 5. The number of phenolic OH excluding ortho intramolecular Hbond substituents is 1. The lowest BCUT2D eigenvalue weighted by Gasteiger charge is -2.15. The van der Waals surface area contributed by atoms with E-state index in [0.29, 0.717) is 12.3 Å². The molecule has 1 aromatic carbocycles. The lowest BCUT2D eigenvalue weighted by molar-refractivity contribution is 0.404. The summed E-state index contributed by atoms with van der Waals surface area (Å²) in [6.45, 7) is 2.67. The van der Waals surface area contributed by atoms with Crippen LogP contribution in [0.3, 0.4) is 0 Å². The van der Waals surface area contributed by atoms with Crippen molar-refractivity contribution in [3.05, 3.63) is 42.0 Å². The molecule has 5 heteroatoms. The van der Waals surface area contributed by atoms with Crippen LogP contribution in [0.1, 0.15) is 24.2 Å². The van der Waals surface area contributed by atoms with Gasteiger partial charge < -0.3 is 20.1 Å². The second-order valence-electron chi connectivity index (χ2n) is 4.10. The molecular formula is C13H17N3O2. The zero-order valence-electron chi connectivity index (χ0n) is 10.5. The molecule has 0 bridgehead atoms. The van der Waals surface area contributed by atoms with Crippen LogP contribution in [-0.4, -0.2) is 22.2 Å². The summed E-state index contributed by atoms with van der Waals surface area (Å²) in [5, 5.41) is 13.2. The number of imidazole rings is 1. The molecule has 2 rings (SSSR count). The lowest BCUT2D eigenvalue weighted by Crippen LogP contribution is -2.18. The molecule has 0 aliphatic rings. The smallest absolute Gasteiger partial charge is 0.124 e. The zero-order valence-corrected chi connectivity index (χ0v) is 10.5. The number of H-pyrrole nitrogens is 1. The highest BCUT2D eigenvalue weighted by molar-refractivity contribution is 5.41. The molecule has 0 saturated carbocycles. The third-order valence-corrected chi connectivity index (χ3v) is 2.86. The summed E-state index contributed by atoms with van der Waals surface area (Å²) >= 11 is 0. The Morgan fingerprint density at radius 2 is 2.33 bits per heavy atom. The molecule has 96 valence electrons. The van der Waals surface area contributed by atoms with Crippen LogP contribution in [0.5, 0.6) is 11.5 Å². The summed E-state index contributed by atoms with van der Waals surface area (Å²) in [6, 6.07) is 5.35. The van der Waals surface area contributed by atoms with Gasteiger partial charge in [-0.05, 0) is 13.0 Å². The first-order chi connectivity index (χ1) is 8.70. The lowest BCUT2D eigenvalue weighted by atomic mass is 10.1. The van der Waals surface area contributed by atoms with E-state index in [0.717, 1.165) is 11.3 Å². The standard InChI is InChI=1S/C13H17N3O2/c1-9(15-7-10-6-14-8-16-10)12-4-3-11(18-2)5-13(12)17/h3-6,8-9,15,17H,7H2,1-2H3,(H,14,16). The van der Waals surface area contributed by atoms with Gasteiger partial charge in [0.15, 0.2) is 0 Å². The maximum atomic E-state index is 9.91. The van der Waals surface area contributed by atoms with Gasteiger partial charge >= 0.3 is 0 Å². The molecule has 0 aliphatic carbocycles. The van der Waals surface area contributed by atoms with E-state index >= 15 is 0 Å². The van der Waals surface area contributed by atoms with E-state index in [1.165, 1.54) is 0 Å². The largest absolute Gasteiger partial charge is 0.507 e. The molecule has 1 aromatic heterocycles. The summed E-state index contributed by atoms with van der Waals surface area (Å²) in [5.41, 5.74) is 1.85. The number of hydrogen-bond donors (Lipinski definition) is 3. The topological polar surface area (TPSA) is 70.2 Å². The highest BCUT2D eigenvalue weighted by atomic mass is 16.5. The summed E-state index contributed by atoms with van der Waals surface area (Å²) in [6.07, 6.45) is 3.42. The number of phenols is 1. The Morgan fingerprint density at radius 3 is 2.94 bits per heavy atom. The van der Waals surface area contributed by atoms with Gasteiger partial charge in [-0.3, -0.25) is 0 Å². The minimum atomic E-state index is 0.0409. The van der Waals surface area contributed by atoms with Gasteiger partial charge in [0.1, 0.15) is 11.5 Å². The van der Waals surface area contributed by atoms with E-state index < -0.39 is 0 Å². The molecule has 3 N–H and O–H groups in total. The summed E-state index contributed by atoms with van der Waals surface area (Å²) < 4.78 is 5.05. The number of aromatic nitrogens is 2. The molecule has 0 spiro atoms. The van der Waals surface area contributed by atoms with E-state index in [9.17, 15) is 5.11 Å². The number of nitrogens with one attached hydrogen (secondary N) is 2. The van der Waals surface area contributed by atoms with Crippen LogP contribution in [0.25, 0.3) is 0 Å². The fourth-order valence-corrected chi connectivity index (χ4v) is 1.77. The Kier molecular flexibility index (Phi) is 3.84. The number of aromatic hydroxyl groups is 1. The Balaban J connectivity index is 2.02. The Hall–Kier alpha value is -2.01. The summed E-state index contributed by atoms with van der Waals surface area (Å²) in [4.78, 5) is 6.97. The fourth-order valence-electron chi connectivity index (χ4n) is 1.77. The van der Waals surface area contributed by atoms with Crippen LogP contribution in [-0.2, 0) is 6.54 Å². The van der Waals surface area contributed by atoms with E-state index in [-0.39, 0.29) is 11.8 Å². The number of methoxy groups -OCH3 is 1. The number of ether oxygens (including phenoxy) is 1. The van der Waals surface area contributed by atoms with Crippen LogP contribution >= 0.6 is 0 Å². The van der Waals surface area contributed by atoms with Crippen molar-refractivity contribution in [1.29, 1.82) is 0 Å². The first-order valence-electron chi connectivity index (χ1n) is 5.78. The predicted molar refractivity (Wildman–Crippen MR) is 68.5 cm³/mol. The Morgan fingerprint density at radius 1 is 1.50 bits per heavy atom. The normalized spacial score (nSPS) is 12.3. The monoisotopic (exact) mass is 247 g/mol. The van der Waals surface area contributed by atoms with Gasteiger partial charge in [0, 0.05) is 36.1 Å². The minimum absolute atomic E-state index is 0.0409. The maximum Gasteiger partial charge on any atom is 0.124 e. The van der Waals surface area contributed by atoms with Gasteiger partial charge in [-0.1, -0.05) is 6.07 Å². The number of benzene rings is 1. The van der Waals surface area contributed by atoms with Gasteiger partial charge in [0.05, 0.1) is 13.4 Å². The average molecular weight is 247 g/mol. The van der Waals surface area contributed by atoms with Crippen molar-refractivity contribution in [3.63, 3.8) is 0 Å². The Labute approximate surface area is 106 Å². The first kappa shape index (κ1) is 12.4. The summed E-state index contributed by atoms with van der Waals surface area (Å²) in [7, 11) is 1.58. The fraction of sp³-hybridized carbons (Fsp3) is 0.308. The number of nitrogens with zero attached hydrogens (tertiary/aromatic N) is 1. The van der Waals surface area contributed by atoms with E-state index in [4.69, 9.17) is 4.74 Å². The third-order valence-electron chi connectivity index (χ3n) is 2.86. The van der Waals surface area contributed by atoms with E-state index in [1.54, 1.807) is 25.7 Å². The molecule has 0 radical (unpaired) electrons. The SMILES string of the molecule is COc1ccc(C(C)NCc2cnc[nH]2)c(O)c1. The first-order valence-corrected chi connectivity index (χ1v) is 5.78. The molecule has 1 atom stereocenters. The quantitative estimate of drug-likeness (QED) is 0.755. The third kappa shape index (κ3) is 2.81. The van der Waals surface area contributed by atoms with Crippen molar-refractivity contribution < 1.29 is 9.84 Å². The van der Waals surface area contributed by atoms with Gasteiger partial charge in [0.25, 0.3) is 0 Å². The Bertz CT molecular complexity index is 497. The van der Waals surface area contributed by atoms with Gasteiger partial charge in [-0.2, -0.15) is 0 Å². The second kappa shape index (κ2) is 5.55. The molecule has 0 aliphatic heterocycles. The average Bonchev–Trinajstić information content (AvgIpc) is 2.88. The number of hydrogen-bond acceptors (Lipinski definition) is 4. The molecule has 0 saturated heterocycles. The van der Waals surface area contributed by atoms with Crippen molar-refractivity contribution in [2.45, 2.75) is 19.5 Å². The molecule has 0 amide bonds. The second-order valence-corrected chi connectivity index (χ2v) is 4.10. The van der Waals surface area contributed by atoms with Crippen molar-refractivity contribution in [1.82, 2.24) is 15.3 Å². The minimum Gasteiger partial charge on any atom is -0.507 e. The zero-order chi connectivity index (χ0) is 13.0. The molecule has 18 heavy (non-hydrogen) atoms. The molecule has 2 aromatic rings. The van der Waals surface area contributed by atoms with Crippen LogP contribution in [0.15, 0.2) is 30.7 Å². The van der Waals surface area contributed by atoms with E-state index in [2.05, 4.69) is 15.3 Å². The highest BCUT2D eigenvalue weighted by Crippen LogP contribution is 2.28. The molecule has 1 heterocycles. The highest BCUT2D eigenvalue weighted by Gasteiger charge is 2.10. The predicted octanol–water partition coefficient (Wildman–Crippen LogP) is 1.97. The van der Waals surface area contributed by atoms with Gasteiger partial charge in [0.2, 0.25) is 0 Å². The summed E-state index contributed by atoms with van der Waals surface area (Å²) in [5.74, 6) is 0.885. The van der Waals surface area contributed by atoms with Crippen molar-refractivity contribution >= 4 is 0 Å². The van der Waals surface area contributed by atoms with Crippen LogP contribution in [0, 0.1) is 0 Å².